The van der Waals surface area contributed by atoms with E-state index in [1.165, 1.54) is 12.8 Å². The van der Waals surface area contributed by atoms with Crippen molar-refractivity contribution in [3.63, 3.8) is 0 Å². The van der Waals surface area contributed by atoms with Gasteiger partial charge in [-0.25, -0.2) is 0 Å². The van der Waals surface area contributed by atoms with E-state index in [0.717, 1.165) is 24.6 Å². The van der Waals surface area contributed by atoms with Crippen LogP contribution in [0.3, 0.4) is 0 Å². The van der Waals surface area contributed by atoms with Crippen molar-refractivity contribution in [1.82, 2.24) is 4.90 Å². The number of thioether (sulfide) groups is 1. The van der Waals surface area contributed by atoms with E-state index in [9.17, 15) is 4.79 Å². The number of hydrogen-bond acceptors (Lipinski definition) is 3. The van der Waals surface area contributed by atoms with Crippen molar-refractivity contribution in [2.24, 2.45) is 11.7 Å². The molecule has 1 saturated heterocycles. The number of hydrogen-bond donors (Lipinski definition) is 1. The highest BCUT2D eigenvalue weighted by Crippen LogP contribution is 2.33. The van der Waals surface area contributed by atoms with Crippen LogP contribution < -0.4 is 5.73 Å². The van der Waals surface area contributed by atoms with E-state index in [-0.39, 0.29) is 11.9 Å². The largest absolute Gasteiger partial charge is 0.341 e. The fraction of sp³-hybridized carbons (Fsp3) is 0.900. The summed E-state index contributed by atoms with van der Waals surface area (Å²) in [6, 6.07) is 0.122. The molecule has 1 heterocycles. The van der Waals surface area contributed by atoms with Gasteiger partial charge in [0.25, 0.3) is 0 Å². The van der Waals surface area contributed by atoms with Crippen LogP contribution in [0.4, 0.5) is 0 Å². The SMILES string of the molecule is NC(CC(=O)N1CCSCC1)C1CC1. The van der Waals surface area contributed by atoms with Crippen LogP contribution in [-0.2, 0) is 4.79 Å². The summed E-state index contributed by atoms with van der Waals surface area (Å²) in [6.07, 6.45) is 3.02. The maximum Gasteiger partial charge on any atom is 0.224 e. The van der Waals surface area contributed by atoms with E-state index in [1.54, 1.807) is 0 Å². The first-order chi connectivity index (χ1) is 6.77. The Bertz CT molecular complexity index is 212. The fourth-order valence-electron chi connectivity index (χ4n) is 1.83. The molecule has 2 N–H and O–H groups in total. The van der Waals surface area contributed by atoms with E-state index >= 15 is 0 Å². The molecule has 2 fully saturated rings. The van der Waals surface area contributed by atoms with E-state index in [2.05, 4.69) is 0 Å². The van der Waals surface area contributed by atoms with Gasteiger partial charge in [0.1, 0.15) is 0 Å². The topological polar surface area (TPSA) is 46.3 Å². The molecule has 14 heavy (non-hydrogen) atoms. The molecule has 2 aliphatic rings. The number of nitrogens with zero attached hydrogens (tertiary/aromatic N) is 1. The van der Waals surface area contributed by atoms with Gasteiger partial charge in [0.05, 0.1) is 0 Å². The Balaban J connectivity index is 1.75. The summed E-state index contributed by atoms with van der Waals surface area (Å²) in [4.78, 5) is 13.7. The molecule has 1 amide bonds. The van der Waals surface area contributed by atoms with E-state index < -0.39 is 0 Å². The van der Waals surface area contributed by atoms with Crippen molar-refractivity contribution < 1.29 is 4.79 Å². The van der Waals surface area contributed by atoms with Gasteiger partial charge in [-0.2, -0.15) is 11.8 Å². The first kappa shape index (κ1) is 10.3. The van der Waals surface area contributed by atoms with Crippen LogP contribution in [0.15, 0.2) is 0 Å². The highest BCUT2D eigenvalue weighted by atomic mass is 32.2. The van der Waals surface area contributed by atoms with E-state index in [1.807, 2.05) is 16.7 Å². The first-order valence-electron chi connectivity index (χ1n) is 5.38. The van der Waals surface area contributed by atoms with Gasteiger partial charge in [-0.1, -0.05) is 0 Å². The van der Waals surface area contributed by atoms with Gasteiger partial charge in [0.15, 0.2) is 0 Å². The lowest BCUT2D eigenvalue weighted by atomic mass is 10.1. The first-order valence-corrected chi connectivity index (χ1v) is 6.54. The molecule has 80 valence electrons. The Morgan fingerprint density at radius 2 is 2.07 bits per heavy atom. The zero-order chi connectivity index (χ0) is 9.97. The number of carbonyl (C=O) groups is 1. The van der Waals surface area contributed by atoms with Gasteiger partial charge >= 0.3 is 0 Å². The monoisotopic (exact) mass is 214 g/mol. The van der Waals surface area contributed by atoms with Gasteiger partial charge < -0.3 is 10.6 Å². The summed E-state index contributed by atoms with van der Waals surface area (Å²) < 4.78 is 0. The predicted octanol–water partition coefficient (Wildman–Crippen LogP) is 0.689. The molecule has 0 bridgehead atoms. The zero-order valence-electron chi connectivity index (χ0n) is 8.45. The minimum atomic E-state index is 0.122. The summed E-state index contributed by atoms with van der Waals surface area (Å²) in [5.74, 6) is 3.08. The van der Waals surface area contributed by atoms with Gasteiger partial charge in [-0.05, 0) is 18.8 Å². The third-order valence-electron chi connectivity index (χ3n) is 3.00. The maximum atomic E-state index is 11.8. The minimum Gasteiger partial charge on any atom is -0.341 e. The second-order valence-corrected chi connectivity index (χ2v) is 5.42. The molecule has 1 unspecified atom stereocenters. The lowest BCUT2D eigenvalue weighted by Crippen LogP contribution is -2.41. The predicted molar refractivity (Wildman–Crippen MR) is 59.2 cm³/mol. The number of amides is 1. The molecule has 0 spiro atoms. The smallest absolute Gasteiger partial charge is 0.224 e. The van der Waals surface area contributed by atoms with Crippen molar-refractivity contribution in [3.8, 4) is 0 Å². The van der Waals surface area contributed by atoms with Crippen LogP contribution in [0.5, 0.6) is 0 Å². The minimum absolute atomic E-state index is 0.122. The zero-order valence-corrected chi connectivity index (χ0v) is 9.26. The van der Waals surface area contributed by atoms with Gasteiger partial charge in [-0.15, -0.1) is 0 Å². The standard InChI is InChI=1S/C10H18N2OS/c11-9(8-1-2-8)7-10(13)12-3-5-14-6-4-12/h8-9H,1-7,11H2. The van der Waals surface area contributed by atoms with Crippen molar-refractivity contribution in [2.75, 3.05) is 24.6 Å². The Labute approximate surface area is 89.4 Å². The van der Waals surface area contributed by atoms with Crippen molar-refractivity contribution in [3.05, 3.63) is 0 Å². The summed E-state index contributed by atoms with van der Waals surface area (Å²) in [5.41, 5.74) is 5.93. The molecule has 4 heteroatoms. The molecule has 0 aromatic carbocycles. The summed E-state index contributed by atoms with van der Waals surface area (Å²) in [5, 5.41) is 0. The van der Waals surface area contributed by atoms with Crippen LogP contribution in [-0.4, -0.2) is 41.4 Å². The quantitative estimate of drug-likeness (QED) is 0.752. The molecule has 0 radical (unpaired) electrons. The van der Waals surface area contributed by atoms with E-state index in [4.69, 9.17) is 5.73 Å². The number of nitrogens with two attached hydrogens (primary N) is 1. The molecule has 1 saturated carbocycles. The second-order valence-electron chi connectivity index (χ2n) is 4.20. The summed E-state index contributed by atoms with van der Waals surface area (Å²) in [6.45, 7) is 1.84. The molecular formula is C10H18N2OS. The fourth-order valence-corrected chi connectivity index (χ4v) is 2.74. The van der Waals surface area contributed by atoms with E-state index in [0.29, 0.717) is 12.3 Å². The van der Waals surface area contributed by atoms with Crippen LogP contribution in [0.1, 0.15) is 19.3 Å². The summed E-state index contributed by atoms with van der Waals surface area (Å²) in [7, 11) is 0. The molecule has 0 aromatic rings. The van der Waals surface area contributed by atoms with Crippen molar-refractivity contribution >= 4 is 17.7 Å². The number of carbonyl (C=O) groups excluding carboxylic acids is 1. The second kappa shape index (κ2) is 4.53. The van der Waals surface area contributed by atoms with Crippen LogP contribution in [0.25, 0.3) is 0 Å². The van der Waals surface area contributed by atoms with Crippen molar-refractivity contribution in [2.45, 2.75) is 25.3 Å². The molecular weight excluding hydrogens is 196 g/mol. The van der Waals surface area contributed by atoms with Crippen LogP contribution >= 0.6 is 11.8 Å². The number of rotatable bonds is 3. The Morgan fingerprint density at radius 1 is 1.43 bits per heavy atom. The highest BCUT2D eigenvalue weighted by Gasteiger charge is 2.31. The Kier molecular flexibility index (Phi) is 3.34. The molecule has 2 rings (SSSR count). The summed E-state index contributed by atoms with van der Waals surface area (Å²) >= 11 is 1.93. The lowest BCUT2D eigenvalue weighted by Gasteiger charge is -2.27. The van der Waals surface area contributed by atoms with Gasteiger partial charge in [0.2, 0.25) is 5.91 Å². The maximum absolute atomic E-state index is 11.8. The molecule has 1 aliphatic heterocycles. The van der Waals surface area contributed by atoms with Gasteiger partial charge in [0, 0.05) is 37.1 Å². The molecule has 3 nitrogen and oxygen atoms in total. The van der Waals surface area contributed by atoms with Crippen LogP contribution in [0, 0.1) is 5.92 Å². The Morgan fingerprint density at radius 3 is 2.64 bits per heavy atom. The lowest BCUT2D eigenvalue weighted by molar-refractivity contribution is -0.131. The van der Waals surface area contributed by atoms with Crippen molar-refractivity contribution in [1.29, 1.82) is 0 Å². The normalized spacial score (nSPS) is 24.8. The van der Waals surface area contributed by atoms with Gasteiger partial charge in [-0.3, -0.25) is 4.79 Å². The average Bonchev–Trinajstić information content (AvgIpc) is 3.02. The molecule has 0 aromatic heterocycles. The average molecular weight is 214 g/mol. The molecule has 1 atom stereocenters. The van der Waals surface area contributed by atoms with Crippen LogP contribution in [0.2, 0.25) is 0 Å². The third kappa shape index (κ3) is 2.64. The molecule has 1 aliphatic carbocycles. The third-order valence-corrected chi connectivity index (χ3v) is 3.94. The Hall–Kier alpha value is -0.220. The highest BCUT2D eigenvalue weighted by molar-refractivity contribution is 7.99.